The molecule has 4 rings (SSSR count). The minimum Gasteiger partial charge on any atom is -0.497 e. The summed E-state index contributed by atoms with van der Waals surface area (Å²) in [5.41, 5.74) is 7.44. The van der Waals surface area contributed by atoms with Gasteiger partial charge >= 0.3 is 0 Å². The van der Waals surface area contributed by atoms with Crippen LogP contribution in [0.3, 0.4) is 0 Å². The van der Waals surface area contributed by atoms with Gasteiger partial charge in [-0.25, -0.2) is 5.43 Å². The molecule has 0 fully saturated rings. The van der Waals surface area contributed by atoms with Crippen molar-refractivity contribution >= 4 is 23.4 Å². The Bertz CT molecular complexity index is 1370. The third-order valence-corrected chi connectivity index (χ3v) is 6.77. The topological polar surface area (TPSA) is 81.4 Å². The average molecular weight is 514 g/mol. The molecule has 1 N–H and O–H groups in total. The molecule has 0 aliphatic carbocycles. The fourth-order valence-electron chi connectivity index (χ4n) is 3.69. The number of hydrazone groups is 1. The van der Waals surface area contributed by atoms with Crippen molar-refractivity contribution in [3.63, 3.8) is 0 Å². The Hall–Kier alpha value is -3.91. The number of nitrogens with zero attached hydrogens (tertiary/aromatic N) is 4. The lowest BCUT2D eigenvalue weighted by Crippen LogP contribution is -2.21. The molecule has 0 bridgehead atoms. The molecule has 1 aromatic heterocycles. The largest absolute Gasteiger partial charge is 0.497 e. The van der Waals surface area contributed by atoms with Crippen LogP contribution in [0.2, 0.25) is 0 Å². The van der Waals surface area contributed by atoms with Gasteiger partial charge in [-0.1, -0.05) is 87.1 Å². The van der Waals surface area contributed by atoms with Gasteiger partial charge in [0, 0.05) is 11.3 Å². The van der Waals surface area contributed by atoms with Crippen LogP contribution in [0.1, 0.15) is 38.8 Å². The highest BCUT2D eigenvalue weighted by Crippen LogP contribution is 2.30. The summed E-state index contributed by atoms with van der Waals surface area (Å²) in [7, 11) is 1.64. The normalized spacial score (nSPS) is 11.9. The summed E-state index contributed by atoms with van der Waals surface area (Å²) in [6.45, 7) is 8.42. The Kier molecular flexibility index (Phi) is 8.08. The maximum Gasteiger partial charge on any atom is 0.250 e. The first kappa shape index (κ1) is 26.2. The van der Waals surface area contributed by atoms with Crippen molar-refractivity contribution in [2.45, 2.75) is 38.3 Å². The Morgan fingerprint density at radius 2 is 1.65 bits per heavy atom. The minimum absolute atomic E-state index is 0.0535. The fraction of sp³-hybridized carbons (Fsp3) is 0.241. The van der Waals surface area contributed by atoms with Crippen LogP contribution in [0.5, 0.6) is 5.75 Å². The van der Waals surface area contributed by atoms with E-state index < -0.39 is 0 Å². The SMILES string of the molecule is COc1ccc(-n2c(SCC(=O)NN=C(C)c3ccccc3)nnc2-c2ccc(C(C)(C)C)cc2)cc1. The highest BCUT2D eigenvalue weighted by molar-refractivity contribution is 7.99. The fourth-order valence-corrected chi connectivity index (χ4v) is 4.43. The van der Waals surface area contributed by atoms with Crippen LogP contribution in [0.25, 0.3) is 17.1 Å². The molecule has 0 saturated heterocycles. The summed E-state index contributed by atoms with van der Waals surface area (Å²) in [5.74, 6) is 1.38. The van der Waals surface area contributed by atoms with Crippen LogP contribution in [0, 0.1) is 0 Å². The van der Waals surface area contributed by atoms with Gasteiger partial charge in [-0.3, -0.25) is 9.36 Å². The maximum absolute atomic E-state index is 12.6. The number of carbonyl (C=O) groups excluding carboxylic acids is 1. The van der Waals surface area contributed by atoms with E-state index >= 15 is 0 Å². The van der Waals surface area contributed by atoms with Gasteiger partial charge in [0.25, 0.3) is 5.91 Å². The van der Waals surface area contributed by atoms with E-state index in [2.05, 4.69) is 65.8 Å². The lowest BCUT2D eigenvalue weighted by Gasteiger charge is -2.19. The summed E-state index contributed by atoms with van der Waals surface area (Å²) < 4.78 is 7.28. The van der Waals surface area contributed by atoms with Gasteiger partial charge in [0.1, 0.15) is 5.75 Å². The van der Waals surface area contributed by atoms with E-state index in [1.807, 2.05) is 66.1 Å². The van der Waals surface area contributed by atoms with Gasteiger partial charge in [-0.15, -0.1) is 10.2 Å². The van der Waals surface area contributed by atoms with Crippen LogP contribution < -0.4 is 10.2 Å². The van der Waals surface area contributed by atoms with Crippen LogP contribution in [0.4, 0.5) is 0 Å². The number of aromatic nitrogens is 3. The lowest BCUT2D eigenvalue weighted by molar-refractivity contribution is -0.118. The van der Waals surface area contributed by atoms with Crippen molar-refractivity contribution in [3.8, 4) is 22.8 Å². The predicted octanol–water partition coefficient (Wildman–Crippen LogP) is 5.87. The summed E-state index contributed by atoms with van der Waals surface area (Å²) in [6, 6.07) is 25.8. The summed E-state index contributed by atoms with van der Waals surface area (Å²) in [6.07, 6.45) is 0. The standard InChI is InChI=1S/C29H31N5O2S/c1-20(21-9-7-6-8-10-21)30-31-26(35)19-37-28-33-32-27(22-11-13-23(14-12-22)29(2,3)4)34(28)24-15-17-25(36-5)18-16-24/h6-18H,19H2,1-5H3,(H,31,35). The molecule has 1 amide bonds. The second-order valence-corrected chi connectivity index (χ2v) is 10.5. The number of benzene rings is 3. The summed E-state index contributed by atoms with van der Waals surface area (Å²) in [4.78, 5) is 12.6. The molecule has 190 valence electrons. The second-order valence-electron chi connectivity index (χ2n) is 9.55. The van der Waals surface area contributed by atoms with Gasteiger partial charge in [0.15, 0.2) is 11.0 Å². The molecule has 1 heterocycles. The van der Waals surface area contributed by atoms with E-state index in [1.165, 1.54) is 17.3 Å². The molecule has 0 spiro atoms. The zero-order valence-electron chi connectivity index (χ0n) is 21.7. The monoisotopic (exact) mass is 513 g/mol. The van der Waals surface area contributed by atoms with E-state index in [0.717, 1.165) is 28.3 Å². The quantitative estimate of drug-likeness (QED) is 0.181. The van der Waals surface area contributed by atoms with E-state index in [9.17, 15) is 4.79 Å². The molecular formula is C29H31N5O2S. The second kappa shape index (κ2) is 11.4. The highest BCUT2D eigenvalue weighted by Gasteiger charge is 2.19. The van der Waals surface area contributed by atoms with Gasteiger partial charge in [0.2, 0.25) is 0 Å². The van der Waals surface area contributed by atoms with Crippen LogP contribution >= 0.6 is 11.8 Å². The Morgan fingerprint density at radius 3 is 2.27 bits per heavy atom. The molecule has 0 aliphatic heterocycles. The number of rotatable bonds is 8. The smallest absolute Gasteiger partial charge is 0.250 e. The average Bonchev–Trinajstić information content (AvgIpc) is 3.34. The van der Waals surface area contributed by atoms with E-state index in [-0.39, 0.29) is 17.1 Å². The van der Waals surface area contributed by atoms with E-state index in [1.54, 1.807) is 7.11 Å². The van der Waals surface area contributed by atoms with Crippen LogP contribution in [-0.2, 0) is 10.2 Å². The van der Waals surface area contributed by atoms with E-state index in [4.69, 9.17) is 4.74 Å². The summed E-state index contributed by atoms with van der Waals surface area (Å²) >= 11 is 1.31. The zero-order valence-corrected chi connectivity index (χ0v) is 22.5. The van der Waals surface area contributed by atoms with Crippen molar-refractivity contribution in [1.29, 1.82) is 0 Å². The molecule has 0 aliphatic rings. The number of carbonyl (C=O) groups is 1. The number of methoxy groups -OCH3 is 1. The first-order valence-electron chi connectivity index (χ1n) is 12.0. The third kappa shape index (κ3) is 6.46. The molecule has 37 heavy (non-hydrogen) atoms. The van der Waals surface area contributed by atoms with Crippen LogP contribution in [-0.4, -0.2) is 39.2 Å². The molecule has 3 aromatic carbocycles. The molecule has 7 nitrogen and oxygen atoms in total. The molecule has 0 atom stereocenters. The van der Waals surface area contributed by atoms with Crippen LogP contribution in [0.15, 0.2) is 89.1 Å². The molecule has 8 heteroatoms. The van der Waals surface area contributed by atoms with Gasteiger partial charge in [0.05, 0.1) is 18.6 Å². The van der Waals surface area contributed by atoms with Crippen molar-refractivity contribution in [2.24, 2.45) is 5.10 Å². The molecule has 0 unspecified atom stereocenters. The highest BCUT2D eigenvalue weighted by atomic mass is 32.2. The zero-order chi connectivity index (χ0) is 26.4. The molecule has 4 aromatic rings. The molecule has 0 radical (unpaired) electrons. The lowest BCUT2D eigenvalue weighted by atomic mass is 9.87. The Labute approximate surface area is 222 Å². The maximum atomic E-state index is 12.6. The van der Waals surface area contributed by atoms with Crippen molar-refractivity contribution in [1.82, 2.24) is 20.2 Å². The van der Waals surface area contributed by atoms with E-state index in [0.29, 0.717) is 11.0 Å². The molecular weight excluding hydrogens is 482 g/mol. The minimum atomic E-state index is -0.222. The number of thioether (sulfide) groups is 1. The first-order valence-corrected chi connectivity index (χ1v) is 13.0. The number of hydrogen-bond donors (Lipinski definition) is 1. The number of hydrogen-bond acceptors (Lipinski definition) is 6. The van der Waals surface area contributed by atoms with Crippen molar-refractivity contribution < 1.29 is 9.53 Å². The van der Waals surface area contributed by atoms with Gasteiger partial charge in [-0.2, -0.15) is 5.10 Å². The van der Waals surface area contributed by atoms with Crippen molar-refractivity contribution in [3.05, 3.63) is 90.0 Å². The molecule has 0 saturated carbocycles. The Balaban J connectivity index is 1.57. The number of ether oxygens (including phenoxy) is 1. The number of amides is 1. The van der Waals surface area contributed by atoms with Gasteiger partial charge < -0.3 is 4.74 Å². The number of nitrogens with one attached hydrogen (secondary N) is 1. The summed E-state index contributed by atoms with van der Waals surface area (Å²) in [5, 5.41) is 13.8. The Morgan fingerprint density at radius 1 is 0.973 bits per heavy atom. The third-order valence-electron chi connectivity index (χ3n) is 5.85. The predicted molar refractivity (Wildman–Crippen MR) is 150 cm³/mol. The first-order chi connectivity index (χ1) is 17.8. The van der Waals surface area contributed by atoms with Gasteiger partial charge in [-0.05, 0) is 47.7 Å². The van der Waals surface area contributed by atoms with Crippen molar-refractivity contribution in [2.75, 3.05) is 12.9 Å².